The minimum atomic E-state index is 0.398. The van der Waals surface area contributed by atoms with E-state index in [1.807, 2.05) is 0 Å². The van der Waals surface area contributed by atoms with E-state index in [0.717, 1.165) is 0 Å². The van der Waals surface area contributed by atoms with E-state index in [2.05, 4.69) is 16.0 Å². The van der Waals surface area contributed by atoms with Gasteiger partial charge in [0.2, 0.25) is 0 Å². The minimum Gasteiger partial charge on any atom is -0.192 e. The van der Waals surface area contributed by atoms with Crippen LogP contribution in [0.15, 0.2) is 21.3 Å². The molecule has 0 N–H and O–H groups in total. The number of halogens is 1. The van der Waals surface area contributed by atoms with Crippen LogP contribution in [0.25, 0.3) is 0 Å². The van der Waals surface area contributed by atoms with Crippen LogP contribution in [0, 0.1) is 0 Å². The van der Waals surface area contributed by atoms with Gasteiger partial charge in [-0.25, -0.2) is 0 Å². The van der Waals surface area contributed by atoms with Crippen molar-refractivity contribution in [2.75, 3.05) is 0 Å². The summed E-state index contributed by atoms with van der Waals surface area (Å²) in [5.74, 6) is 0. The van der Waals surface area contributed by atoms with Gasteiger partial charge < -0.3 is 0 Å². The summed E-state index contributed by atoms with van der Waals surface area (Å²) in [5, 5.41) is 0.398. The monoisotopic (exact) mass is 100.0 g/mol. The molecule has 30 valence electrons. The Morgan fingerprint density at radius 2 is 2.67 bits per heavy atom. The molecule has 1 aliphatic rings. The van der Waals surface area contributed by atoms with E-state index in [1.54, 1.807) is 0 Å². The van der Waals surface area contributed by atoms with Crippen LogP contribution in [0.3, 0.4) is 0 Å². The molecule has 1 heterocycles. The molecule has 0 fully saturated rings. The molecule has 1 aliphatic heterocycles. The van der Waals surface area contributed by atoms with Crippen molar-refractivity contribution in [3.05, 3.63) is 11.4 Å². The summed E-state index contributed by atoms with van der Waals surface area (Å²) in [4.78, 5) is 6.90. The highest BCUT2D eigenvalue weighted by Gasteiger charge is 1.84. The lowest BCUT2D eigenvalue weighted by Gasteiger charge is -1.65. The average Bonchev–Trinajstić information content (AvgIpc) is 1.86. The molecule has 0 unspecified atom stereocenters. The maximum Gasteiger partial charge on any atom is 0.159 e. The third-order valence-electron chi connectivity index (χ3n) is 0.386. The first kappa shape index (κ1) is 3.59. The highest BCUT2D eigenvalue weighted by Crippen LogP contribution is 2.03. The number of rotatable bonds is 0. The largest absolute Gasteiger partial charge is 0.192 e. The van der Waals surface area contributed by atoms with Gasteiger partial charge in [0, 0.05) is 0 Å². The number of hydrogen-bond acceptors (Lipinski definition) is 2. The van der Waals surface area contributed by atoms with Gasteiger partial charge in [0.25, 0.3) is 0 Å². The normalized spacial score (nSPS) is 15.8. The molecule has 0 saturated heterocycles. The Balaban J connectivity index is 2.88. The fraction of sp³-hybridized carbons (Fsp3) is 0. The standard InChI is InChI=1S/C3HClN2/c4-3-1-5-2-6-3/h1H. The molecular formula is C3HClN2. The van der Waals surface area contributed by atoms with Gasteiger partial charge in [-0.05, 0) is 0 Å². The Morgan fingerprint density at radius 3 is 2.83 bits per heavy atom. The summed E-state index contributed by atoms with van der Waals surface area (Å²) < 4.78 is 0. The van der Waals surface area contributed by atoms with Crippen LogP contribution in [-0.2, 0) is 0 Å². The summed E-state index contributed by atoms with van der Waals surface area (Å²) >= 11 is 5.25. The topological polar surface area (TPSA) is 24.7 Å². The summed E-state index contributed by atoms with van der Waals surface area (Å²) in [6.07, 6.45) is 1.43. The van der Waals surface area contributed by atoms with Crippen LogP contribution in [-0.4, -0.2) is 6.01 Å². The third-order valence-corrected chi connectivity index (χ3v) is 0.568. The molecule has 0 aromatic heterocycles. The zero-order chi connectivity index (χ0) is 4.41. The van der Waals surface area contributed by atoms with Crippen LogP contribution in [0.1, 0.15) is 0 Å². The molecule has 0 radical (unpaired) electrons. The highest BCUT2D eigenvalue weighted by molar-refractivity contribution is 6.29. The quantitative estimate of drug-likeness (QED) is 0.409. The molecule has 0 aromatic carbocycles. The van der Waals surface area contributed by atoms with Crippen molar-refractivity contribution >= 4 is 17.6 Å². The molecule has 0 atom stereocenters. The van der Waals surface area contributed by atoms with E-state index >= 15 is 0 Å². The molecule has 0 bridgehead atoms. The first-order valence-electron chi connectivity index (χ1n) is 1.41. The summed E-state index contributed by atoms with van der Waals surface area (Å²) in [5.41, 5.74) is 0. The molecule has 0 saturated carbocycles. The van der Waals surface area contributed by atoms with E-state index in [1.165, 1.54) is 6.20 Å². The maximum absolute atomic E-state index is 5.25. The van der Waals surface area contributed by atoms with Crippen LogP contribution >= 0.6 is 11.6 Å². The van der Waals surface area contributed by atoms with Gasteiger partial charge in [0.1, 0.15) is 6.01 Å². The lowest BCUT2D eigenvalue weighted by atomic mass is 11.0. The minimum absolute atomic E-state index is 0.398. The third kappa shape index (κ3) is 0.482. The van der Waals surface area contributed by atoms with E-state index in [-0.39, 0.29) is 0 Å². The summed E-state index contributed by atoms with van der Waals surface area (Å²) in [6, 6.07) is 2.30. The van der Waals surface area contributed by atoms with Gasteiger partial charge in [0.05, 0.1) is 6.20 Å². The molecule has 0 spiro atoms. The Morgan fingerprint density at radius 1 is 1.83 bits per heavy atom. The molecule has 1 rings (SSSR count). The SMILES string of the molecule is ClC1=CN=C=N1. The van der Waals surface area contributed by atoms with Crippen LogP contribution in [0.5, 0.6) is 0 Å². The van der Waals surface area contributed by atoms with Crippen molar-refractivity contribution in [1.29, 1.82) is 0 Å². The molecule has 2 nitrogen and oxygen atoms in total. The summed E-state index contributed by atoms with van der Waals surface area (Å²) in [7, 11) is 0. The molecular weight excluding hydrogens is 99.5 g/mol. The summed E-state index contributed by atoms with van der Waals surface area (Å²) in [6.45, 7) is 0. The predicted molar refractivity (Wildman–Crippen MR) is 23.8 cm³/mol. The average molecular weight is 101 g/mol. The molecule has 6 heavy (non-hydrogen) atoms. The molecule has 3 heteroatoms. The zero-order valence-electron chi connectivity index (χ0n) is 2.85. The van der Waals surface area contributed by atoms with E-state index in [4.69, 9.17) is 11.6 Å². The van der Waals surface area contributed by atoms with E-state index in [9.17, 15) is 0 Å². The lowest BCUT2D eigenvalue weighted by Crippen LogP contribution is -1.46. The Hall–Kier alpha value is -0.590. The van der Waals surface area contributed by atoms with Crippen LogP contribution < -0.4 is 0 Å². The van der Waals surface area contributed by atoms with E-state index in [0.29, 0.717) is 5.16 Å². The lowest BCUT2D eigenvalue weighted by molar-refractivity contribution is 1.54. The van der Waals surface area contributed by atoms with Crippen molar-refractivity contribution in [2.45, 2.75) is 0 Å². The van der Waals surface area contributed by atoms with Gasteiger partial charge in [-0.15, -0.1) is 0 Å². The second-order valence-corrected chi connectivity index (χ2v) is 1.18. The van der Waals surface area contributed by atoms with Crippen LogP contribution in [0.2, 0.25) is 0 Å². The van der Waals surface area contributed by atoms with Gasteiger partial charge in [-0.2, -0.15) is 9.98 Å². The highest BCUT2D eigenvalue weighted by atomic mass is 35.5. The molecule has 0 aromatic rings. The number of hydrogen-bond donors (Lipinski definition) is 0. The second-order valence-electron chi connectivity index (χ2n) is 0.793. The second kappa shape index (κ2) is 1.25. The van der Waals surface area contributed by atoms with Crippen molar-refractivity contribution in [3.8, 4) is 0 Å². The maximum atomic E-state index is 5.25. The van der Waals surface area contributed by atoms with Crippen molar-refractivity contribution in [2.24, 2.45) is 9.98 Å². The number of nitrogens with zero attached hydrogens (tertiary/aromatic N) is 2. The first-order valence-corrected chi connectivity index (χ1v) is 1.78. The molecule has 0 amide bonds. The van der Waals surface area contributed by atoms with E-state index < -0.39 is 0 Å². The van der Waals surface area contributed by atoms with Crippen molar-refractivity contribution in [1.82, 2.24) is 0 Å². The Bertz CT molecular complexity index is 141. The Labute approximate surface area is 39.9 Å². The zero-order valence-corrected chi connectivity index (χ0v) is 3.61. The Kier molecular flexibility index (Phi) is 0.748. The molecule has 0 aliphatic carbocycles. The van der Waals surface area contributed by atoms with Crippen molar-refractivity contribution in [3.63, 3.8) is 0 Å². The number of aliphatic imine (C=N–C) groups is 2. The van der Waals surface area contributed by atoms with Gasteiger partial charge in [-0.1, -0.05) is 11.6 Å². The van der Waals surface area contributed by atoms with Crippen molar-refractivity contribution < 1.29 is 0 Å². The fourth-order valence-electron chi connectivity index (χ4n) is 0.188. The van der Waals surface area contributed by atoms with Gasteiger partial charge >= 0.3 is 0 Å². The van der Waals surface area contributed by atoms with Gasteiger partial charge in [0.15, 0.2) is 5.16 Å². The smallest absolute Gasteiger partial charge is 0.159 e. The van der Waals surface area contributed by atoms with Gasteiger partial charge in [-0.3, -0.25) is 0 Å². The predicted octanol–water partition coefficient (Wildman–Crippen LogP) is 1.21. The van der Waals surface area contributed by atoms with Crippen LogP contribution in [0.4, 0.5) is 0 Å². The first-order chi connectivity index (χ1) is 2.89. The fourth-order valence-corrected chi connectivity index (χ4v) is 0.274.